The van der Waals surface area contributed by atoms with Crippen molar-refractivity contribution in [2.45, 2.75) is 64.1 Å². The predicted octanol–water partition coefficient (Wildman–Crippen LogP) is 1.67. The minimum absolute atomic E-state index is 0.0227. The van der Waals surface area contributed by atoms with E-state index in [0.29, 0.717) is 6.04 Å². The van der Waals surface area contributed by atoms with E-state index in [2.05, 4.69) is 30.6 Å². The van der Waals surface area contributed by atoms with Crippen molar-refractivity contribution in [2.75, 3.05) is 26.2 Å². The Morgan fingerprint density at radius 3 is 2.76 bits per heavy atom. The first kappa shape index (κ1) is 13.3. The lowest BCUT2D eigenvalue weighted by atomic mass is 9.94. The fourth-order valence-corrected chi connectivity index (χ4v) is 3.21. The summed E-state index contributed by atoms with van der Waals surface area (Å²) < 4.78 is 0. The molecule has 3 atom stereocenters. The molecule has 2 aliphatic rings. The third-order valence-electron chi connectivity index (χ3n) is 4.69. The molecule has 2 saturated heterocycles. The van der Waals surface area contributed by atoms with Gasteiger partial charge in [-0.25, -0.2) is 0 Å². The second-order valence-electron chi connectivity index (χ2n) is 6.43. The Labute approximate surface area is 106 Å². The maximum Gasteiger partial charge on any atom is 0.0252 e. The third kappa shape index (κ3) is 3.21. The normalized spacial score (nSPS) is 35.3. The summed E-state index contributed by atoms with van der Waals surface area (Å²) in [5.74, 6) is 0. The van der Waals surface area contributed by atoms with E-state index in [-0.39, 0.29) is 5.54 Å². The van der Waals surface area contributed by atoms with Crippen molar-refractivity contribution >= 4 is 0 Å². The van der Waals surface area contributed by atoms with Crippen LogP contribution in [0, 0.1) is 0 Å². The van der Waals surface area contributed by atoms with Gasteiger partial charge in [-0.1, -0.05) is 13.3 Å². The Morgan fingerprint density at radius 2 is 2.06 bits per heavy atom. The molecule has 0 aromatic heterocycles. The minimum Gasteiger partial charge on any atom is -0.324 e. The predicted molar refractivity (Wildman–Crippen MR) is 73.1 cm³/mol. The molecule has 17 heavy (non-hydrogen) atoms. The van der Waals surface area contributed by atoms with Gasteiger partial charge in [0.1, 0.15) is 0 Å². The minimum atomic E-state index is -0.0227. The highest BCUT2D eigenvalue weighted by Crippen LogP contribution is 2.25. The number of nitrogens with two attached hydrogens (primary N) is 1. The van der Waals surface area contributed by atoms with Crippen LogP contribution in [-0.4, -0.2) is 53.6 Å². The van der Waals surface area contributed by atoms with Crippen molar-refractivity contribution in [3.63, 3.8) is 0 Å². The van der Waals surface area contributed by atoms with Gasteiger partial charge in [-0.05, 0) is 39.7 Å². The summed E-state index contributed by atoms with van der Waals surface area (Å²) in [6.45, 7) is 11.6. The Kier molecular flexibility index (Phi) is 4.11. The van der Waals surface area contributed by atoms with E-state index in [1.165, 1.54) is 38.9 Å². The van der Waals surface area contributed by atoms with Crippen LogP contribution in [0.4, 0.5) is 0 Å². The van der Waals surface area contributed by atoms with Crippen LogP contribution in [0.5, 0.6) is 0 Å². The molecule has 2 N–H and O–H groups in total. The number of nitrogens with zero attached hydrogens (tertiary/aromatic N) is 2. The van der Waals surface area contributed by atoms with Crippen molar-refractivity contribution in [3.05, 3.63) is 0 Å². The quantitative estimate of drug-likeness (QED) is 0.813. The molecule has 2 heterocycles. The summed E-state index contributed by atoms with van der Waals surface area (Å²) >= 11 is 0. The number of hydrogen-bond acceptors (Lipinski definition) is 3. The van der Waals surface area contributed by atoms with Gasteiger partial charge in [-0.15, -0.1) is 0 Å². The average Bonchev–Trinajstić information content (AvgIpc) is 2.30. The first-order chi connectivity index (χ1) is 8.02. The molecule has 0 radical (unpaired) electrons. The molecule has 3 nitrogen and oxygen atoms in total. The molecule has 100 valence electrons. The third-order valence-corrected chi connectivity index (χ3v) is 4.69. The smallest absolute Gasteiger partial charge is 0.0252 e. The van der Waals surface area contributed by atoms with Gasteiger partial charge in [0.25, 0.3) is 0 Å². The zero-order chi connectivity index (χ0) is 12.5. The molecule has 0 aromatic rings. The van der Waals surface area contributed by atoms with Crippen LogP contribution in [-0.2, 0) is 0 Å². The van der Waals surface area contributed by atoms with E-state index in [1.54, 1.807) is 0 Å². The van der Waals surface area contributed by atoms with E-state index in [1.807, 2.05) is 0 Å². The van der Waals surface area contributed by atoms with Crippen molar-refractivity contribution in [3.8, 4) is 0 Å². The summed E-state index contributed by atoms with van der Waals surface area (Å²) in [6.07, 6.45) is 5.26. The maximum absolute atomic E-state index is 6.32. The molecular weight excluding hydrogens is 210 g/mol. The second-order valence-corrected chi connectivity index (χ2v) is 6.43. The molecule has 0 spiro atoms. The highest BCUT2D eigenvalue weighted by molar-refractivity contribution is 4.92. The largest absolute Gasteiger partial charge is 0.324 e. The van der Waals surface area contributed by atoms with E-state index in [4.69, 9.17) is 5.73 Å². The van der Waals surface area contributed by atoms with Gasteiger partial charge in [0.2, 0.25) is 0 Å². The molecule has 3 unspecified atom stereocenters. The fourth-order valence-electron chi connectivity index (χ4n) is 3.21. The average molecular weight is 239 g/mol. The van der Waals surface area contributed by atoms with Gasteiger partial charge < -0.3 is 5.73 Å². The van der Waals surface area contributed by atoms with Crippen LogP contribution in [0.3, 0.4) is 0 Å². The Hall–Kier alpha value is -0.120. The molecule has 0 amide bonds. The molecular formula is C14H29N3. The Bertz CT molecular complexity index is 252. The van der Waals surface area contributed by atoms with Crippen LogP contribution >= 0.6 is 0 Å². The van der Waals surface area contributed by atoms with Gasteiger partial charge in [-0.2, -0.15) is 0 Å². The maximum atomic E-state index is 6.32. The van der Waals surface area contributed by atoms with Gasteiger partial charge in [0.05, 0.1) is 0 Å². The standard InChI is InChI=1S/C14H29N3/c1-4-14(3,15)11-17-10-13-7-5-6-8-16(13)9-12(17)2/h12-13H,4-11,15H2,1-3H3. The molecule has 0 aromatic carbocycles. The monoisotopic (exact) mass is 239 g/mol. The number of hydrogen-bond donors (Lipinski definition) is 1. The number of rotatable bonds is 3. The van der Waals surface area contributed by atoms with Crippen molar-refractivity contribution in [1.82, 2.24) is 9.80 Å². The zero-order valence-corrected chi connectivity index (χ0v) is 11.8. The topological polar surface area (TPSA) is 32.5 Å². The van der Waals surface area contributed by atoms with Crippen LogP contribution in [0.15, 0.2) is 0 Å². The SMILES string of the molecule is CCC(C)(N)CN1CC2CCCCN2CC1C. The molecule has 2 fully saturated rings. The van der Waals surface area contributed by atoms with Crippen LogP contribution in [0.2, 0.25) is 0 Å². The summed E-state index contributed by atoms with van der Waals surface area (Å²) in [5.41, 5.74) is 6.30. The summed E-state index contributed by atoms with van der Waals surface area (Å²) in [6, 6.07) is 1.46. The zero-order valence-electron chi connectivity index (χ0n) is 11.8. The van der Waals surface area contributed by atoms with Gasteiger partial charge in [0, 0.05) is 37.3 Å². The van der Waals surface area contributed by atoms with Crippen molar-refractivity contribution < 1.29 is 0 Å². The van der Waals surface area contributed by atoms with Crippen molar-refractivity contribution in [1.29, 1.82) is 0 Å². The molecule has 2 rings (SSSR count). The number of piperidine rings is 1. The Morgan fingerprint density at radius 1 is 1.29 bits per heavy atom. The highest BCUT2D eigenvalue weighted by atomic mass is 15.3. The molecule has 3 heteroatoms. The van der Waals surface area contributed by atoms with Crippen LogP contribution in [0.25, 0.3) is 0 Å². The molecule has 2 aliphatic heterocycles. The summed E-state index contributed by atoms with van der Waals surface area (Å²) in [7, 11) is 0. The first-order valence-electron chi connectivity index (χ1n) is 7.29. The van der Waals surface area contributed by atoms with Gasteiger partial charge in [-0.3, -0.25) is 9.80 Å². The second kappa shape index (κ2) is 5.25. The highest BCUT2D eigenvalue weighted by Gasteiger charge is 2.34. The van der Waals surface area contributed by atoms with Gasteiger partial charge in [0.15, 0.2) is 0 Å². The first-order valence-corrected chi connectivity index (χ1v) is 7.29. The van der Waals surface area contributed by atoms with Crippen molar-refractivity contribution in [2.24, 2.45) is 5.73 Å². The van der Waals surface area contributed by atoms with Gasteiger partial charge >= 0.3 is 0 Å². The van der Waals surface area contributed by atoms with E-state index >= 15 is 0 Å². The van der Waals surface area contributed by atoms with E-state index < -0.39 is 0 Å². The fraction of sp³-hybridized carbons (Fsp3) is 1.00. The van der Waals surface area contributed by atoms with Crippen LogP contribution < -0.4 is 5.73 Å². The number of fused-ring (bicyclic) bond motifs is 1. The lowest BCUT2D eigenvalue weighted by molar-refractivity contribution is 0.00560. The Balaban J connectivity index is 1.95. The lowest BCUT2D eigenvalue weighted by Gasteiger charge is -2.49. The van der Waals surface area contributed by atoms with E-state index in [9.17, 15) is 0 Å². The van der Waals surface area contributed by atoms with Crippen LogP contribution in [0.1, 0.15) is 46.5 Å². The number of piperazine rings is 1. The summed E-state index contributed by atoms with van der Waals surface area (Å²) in [5, 5.41) is 0. The summed E-state index contributed by atoms with van der Waals surface area (Å²) in [4.78, 5) is 5.32. The lowest BCUT2D eigenvalue weighted by Crippen LogP contribution is -2.62. The molecule has 0 bridgehead atoms. The molecule has 0 saturated carbocycles. The molecule has 0 aliphatic carbocycles. The van der Waals surface area contributed by atoms with E-state index in [0.717, 1.165) is 19.0 Å².